The largest absolute Gasteiger partial charge is 0.497 e. The number of ether oxygens (including phenoxy) is 3. The molecule has 0 amide bonds. The average molecular weight is 474 g/mol. The highest BCUT2D eigenvalue weighted by molar-refractivity contribution is 7.99. The normalized spacial score (nSPS) is 22.5. The van der Waals surface area contributed by atoms with Gasteiger partial charge in [-0.15, -0.1) is 0 Å². The quantitative estimate of drug-likeness (QED) is 0.348. The summed E-state index contributed by atoms with van der Waals surface area (Å²) in [6, 6.07) is 7.29. The molecule has 1 aliphatic carbocycles. The molecule has 0 bridgehead atoms. The zero-order valence-corrected chi connectivity index (χ0v) is 20.5. The smallest absolute Gasteiger partial charge is 0.336 e. The maximum absolute atomic E-state index is 13.7. The second-order valence-corrected chi connectivity index (χ2v) is 9.54. The zero-order valence-electron chi connectivity index (χ0n) is 19.7. The Labute approximate surface area is 198 Å². The first-order valence-corrected chi connectivity index (χ1v) is 12.2. The monoisotopic (exact) mass is 473 g/mol. The minimum Gasteiger partial charge on any atom is -0.497 e. The van der Waals surface area contributed by atoms with Crippen molar-refractivity contribution in [1.29, 1.82) is 0 Å². The van der Waals surface area contributed by atoms with Gasteiger partial charge in [0, 0.05) is 28.6 Å². The van der Waals surface area contributed by atoms with Crippen LogP contribution in [0.1, 0.15) is 38.7 Å². The van der Waals surface area contributed by atoms with Crippen LogP contribution in [-0.4, -0.2) is 50.1 Å². The van der Waals surface area contributed by atoms with Gasteiger partial charge in [0.2, 0.25) is 0 Å². The Morgan fingerprint density at radius 1 is 1.24 bits per heavy atom. The van der Waals surface area contributed by atoms with E-state index in [1.165, 1.54) is 7.11 Å². The van der Waals surface area contributed by atoms with Gasteiger partial charge in [-0.1, -0.05) is 26.0 Å². The van der Waals surface area contributed by atoms with Gasteiger partial charge >= 0.3 is 11.9 Å². The predicted octanol–water partition coefficient (Wildman–Crippen LogP) is 3.60. The molecule has 3 rings (SSSR count). The Bertz CT molecular complexity index is 998. The molecule has 1 aromatic rings. The number of dihydropyridines is 1. The molecule has 1 heterocycles. The fourth-order valence-electron chi connectivity index (χ4n) is 4.52. The number of hydrogen-bond donors (Lipinski definition) is 1. The molecule has 0 spiro atoms. The molecule has 0 saturated carbocycles. The third-order valence-corrected chi connectivity index (χ3v) is 6.92. The summed E-state index contributed by atoms with van der Waals surface area (Å²) in [7, 11) is 2.85. The molecular formula is C25H31NO6S. The number of hydrogen-bond acceptors (Lipinski definition) is 8. The lowest BCUT2D eigenvalue weighted by atomic mass is 9.69. The molecule has 33 heavy (non-hydrogen) atoms. The number of rotatable bonds is 8. The Morgan fingerprint density at radius 3 is 2.67 bits per heavy atom. The van der Waals surface area contributed by atoms with Gasteiger partial charge in [-0.25, -0.2) is 4.79 Å². The molecule has 0 saturated heterocycles. The van der Waals surface area contributed by atoms with Crippen molar-refractivity contribution in [1.82, 2.24) is 5.32 Å². The molecule has 3 atom stereocenters. The van der Waals surface area contributed by atoms with Crippen LogP contribution in [0, 0.1) is 11.8 Å². The number of nitrogens with one attached hydrogen (secondary N) is 1. The number of carbonyl (C=O) groups excluding carboxylic acids is 3. The fourth-order valence-corrected chi connectivity index (χ4v) is 5.01. The molecule has 0 aromatic heterocycles. The van der Waals surface area contributed by atoms with Gasteiger partial charge < -0.3 is 19.5 Å². The third-order valence-electron chi connectivity index (χ3n) is 6.06. The Kier molecular flexibility index (Phi) is 8.24. The zero-order chi connectivity index (χ0) is 24.1. The second kappa shape index (κ2) is 10.9. The third kappa shape index (κ3) is 5.11. The van der Waals surface area contributed by atoms with Crippen molar-refractivity contribution >= 4 is 29.5 Å². The SMILES string of the molecule is CCSCCOC(=O)C1=C(C)NC2=C(C(=O)[C@H](C(=O)OC)[C@H](C)C2)[C@@H]1c1cccc(OC)c1. The number of allylic oxidation sites excluding steroid dienone is 3. The van der Waals surface area contributed by atoms with Crippen molar-refractivity contribution in [2.45, 2.75) is 33.1 Å². The van der Waals surface area contributed by atoms with Crippen LogP contribution in [0.5, 0.6) is 5.75 Å². The molecule has 2 aliphatic rings. The summed E-state index contributed by atoms with van der Waals surface area (Å²) in [5.41, 5.74) is 2.89. The van der Waals surface area contributed by atoms with E-state index in [9.17, 15) is 14.4 Å². The standard InChI is InChI=1S/C25H31NO6S/c1-6-33-11-10-32-25(29)20-15(3)26-18-12-14(2)19(24(28)31-5)23(27)22(18)21(20)16-8-7-9-17(13-16)30-4/h7-9,13-14,19,21,26H,6,10-12H2,1-5H3/t14-,19-,21-/m1/s1. The molecule has 1 N–H and O–H groups in total. The first-order chi connectivity index (χ1) is 15.8. The van der Waals surface area contributed by atoms with Gasteiger partial charge in [-0.2, -0.15) is 11.8 Å². The molecule has 8 heteroatoms. The van der Waals surface area contributed by atoms with Crippen molar-refractivity contribution in [2.75, 3.05) is 32.3 Å². The van der Waals surface area contributed by atoms with Crippen molar-refractivity contribution < 1.29 is 28.6 Å². The van der Waals surface area contributed by atoms with Crippen LogP contribution in [0.3, 0.4) is 0 Å². The van der Waals surface area contributed by atoms with Crippen LogP contribution < -0.4 is 10.1 Å². The van der Waals surface area contributed by atoms with Gasteiger partial charge in [0.15, 0.2) is 5.78 Å². The van der Waals surface area contributed by atoms with E-state index < -0.39 is 23.8 Å². The Morgan fingerprint density at radius 2 is 2.00 bits per heavy atom. The summed E-state index contributed by atoms with van der Waals surface area (Å²) in [4.78, 5) is 39.4. The lowest BCUT2D eigenvalue weighted by Gasteiger charge is -2.38. The van der Waals surface area contributed by atoms with E-state index in [2.05, 4.69) is 5.32 Å². The number of esters is 2. The maximum atomic E-state index is 13.7. The topological polar surface area (TPSA) is 90.9 Å². The van der Waals surface area contributed by atoms with Crippen LogP contribution in [0.2, 0.25) is 0 Å². The lowest BCUT2D eigenvalue weighted by molar-refractivity contribution is -0.151. The fraction of sp³-hybridized carbons (Fsp3) is 0.480. The highest BCUT2D eigenvalue weighted by atomic mass is 32.2. The van der Waals surface area contributed by atoms with E-state index in [1.54, 1.807) is 24.9 Å². The number of carbonyl (C=O) groups is 3. The summed E-state index contributed by atoms with van der Waals surface area (Å²) in [6.07, 6.45) is 0.494. The van der Waals surface area contributed by atoms with Crippen LogP contribution in [0.25, 0.3) is 0 Å². The van der Waals surface area contributed by atoms with Gasteiger partial charge in [0.05, 0.1) is 19.8 Å². The highest BCUT2D eigenvalue weighted by Crippen LogP contribution is 2.45. The van der Waals surface area contributed by atoms with Crippen LogP contribution in [0.4, 0.5) is 0 Å². The van der Waals surface area contributed by atoms with E-state index in [0.29, 0.717) is 34.8 Å². The van der Waals surface area contributed by atoms with E-state index in [1.807, 2.05) is 39.0 Å². The second-order valence-electron chi connectivity index (χ2n) is 8.14. The molecule has 0 radical (unpaired) electrons. The number of thioether (sulfide) groups is 1. The number of ketones is 1. The highest BCUT2D eigenvalue weighted by Gasteiger charge is 2.47. The van der Waals surface area contributed by atoms with Crippen LogP contribution in [0.15, 0.2) is 46.8 Å². The van der Waals surface area contributed by atoms with E-state index in [4.69, 9.17) is 14.2 Å². The van der Waals surface area contributed by atoms with E-state index in [0.717, 1.165) is 17.0 Å². The van der Waals surface area contributed by atoms with Crippen molar-refractivity contribution in [3.8, 4) is 5.75 Å². The van der Waals surface area contributed by atoms with Gasteiger partial charge in [0.1, 0.15) is 18.3 Å². The van der Waals surface area contributed by atoms with Crippen LogP contribution in [-0.2, 0) is 23.9 Å². The van der Waals surface area contributed by atoms with E-state index in [-0.39, 0.29) is 18.3 Å². The minimum atomic E-state index is -0.916. The lowest BCUT2D eigenvalue weighted by Crippen LogP contribution is -2.43. The molecule has 1 aromatic carbocycles. The summed E-state index contributed by atoms with van der Waals surface area (Å²) in [5, 5.41) is 3.27. The molecule has 0 unspecified atom stereocenters. The summed E-state index contributed by atoms with van der Waals surface area (Å²) in [5.74, 6) is -0.933. The number of methoxy groups -OCH3 is 2. The van der Waals surface area contributed by atoms with Crippen molar-refractivity contribution in [3.05, 3.63) is 52.4 Å². The molecule has 7 nitrogen and oxygen atoms in total. The van der Waals surface area contributed by atoms with Gasteiger partial charge in [0.25, 0.3) is 0 Å². The summed E-state index contributed by atoms with van der Waals surface area (Å²) >= 11 is 1.68. The van der Waals surface area contributed by atoms with E-state index >= 15 is 0 Å². The van der Waals surface area contributed by atoms with Crippen molar-refractivity contribution in [2.24, 2.45) is 11.8 Å². The predicted molar refractivity (Wildman–Crippen MR) is 127 cm³/mol. The molecular weight excluding hydrogens is 442 g/mol. The number of Topliss-reactive ketones (excluding diaryl/α,β-unsaturated/α-hetero) is 1. The van der Waals surface area contributed by atoms with Gasteiger partial charge in [-0.05, 0) is 42.7 Å². The molecule has 1 aliphatic heterocycles. The van der Waals surface area contributed by atoms with Gasteiger partial charge in [-0.3, -0.25) is 9.59 Å². The number of benzene rings is 1. The first kappa shape index (κ1) is 24.9. The van der Waals surface area contributed by atoms with Crippen molar-refractivity contribution in [3.63, 3.8) is 0 Å². The first-order valence-electron chi connectivity index (χ1n) is 11.1. The minimum absolute atomic E-state index is 0.227. The Hall–Kier alpha value is -2.74. The molecule has 178 valence electrons. The average Bonchev–Trinajstić information content (AvgIpc) is 2.80. The molecule has 0 fully saturated rings. The maximum Gasteiger partial charge on any atom is 0.336 e. The summed E-state index contributed by atoms with van der Waals surface area (Å²) < 4.78 is 15.9. The van der Waals surface area contributed by atoms with Crippen LogP contribution >= 0.6 is 11.8 Å². The summed E-state index contributed by atoms with van der Waals surface area (Å²) in [6.45, 7) is 6.00. The Balaban J connectivity index is 2.09.